The third kappa shape index (κ3) is 2.78. The number of nitrogens with zero attached hydrogens (tertiary/aromatic N) is 1. The van der Waals surface area contributed by atoms with Gasteiger partial charge in [-0.25, -0.2) is 4.98 Å². The Hall–Kier alpha value is -1.59. The number of halogens is 1. The molecule has 20 heavy (non-hydrogen) atoms. The summed E-state index contributed by atoms with van der Waals surface area (Å²) in [7, 11) is 0. The lowest BCUT2D eigenvalue weighted by molar-refractivity contribution is -0.240. The fraction of sp³-hybridized carbons (Fsp3) is 0.600. The summed E-state index contributed by atoms with van der Waals surface area (Å²) in [5.41, 5.74) is 4.57. The monoisotopic (exact) mass is 291 g/mol. The number of aromatic amines is 1. The third-order valence-electron chi connectivity index (χ3n) is 2.89. The van der Waals surface area contributed by atoms with Gasteiger partial charge in [-0.3, -0.25) is 9.78 Å². The van der Waals surface area contributed by atoms with Crippen LogP contribution in [0.3, 0.4) is 0 Å². The third-order valence-corrected chi connectivity index (χ3v) is 2.89. The second-order valence-corrected chi connectivity index (χ2v) is 4.27. The lowest BCUT2D eigenvalue weighted by atomic mass is 9.98. The fourth-order valence-electron chi connectivity index (χ4n) is 1.74. The number of rotatable bonds is 3. The van der Waals surface area contributed by atoms with E-state index in [1.54, 1.807) is 0 Å². The molecular formula is C10H14FN3O6. The van der Waals surface area contributed by atoms with Crippen LogP contribution in [0.5, 0.6) is 6.01 Å². The first-order valence-electron chi connectivity index (χ1n) is 5.73. The van der Waals surface area contributed by atoms with E-state index in [9.17, 15) is 19.4 Å². The molecule has 10 heteroatoms. The Labute approximate surface area is 111 Å². The smallest absolute Gasteiger partial charge is 0.298 e. The lowest BCUT2D eigenvalue weighted by Crippen LogP contribution is -2.63. The summed E-state index contributed by atoms with van der Waals surface area (Å²) in [5.74, 6) is -1.09. The van der Waals surface area contributed by atoms with Gasteiger partial charge in [-0.15, -0.1) is 0 Å². The molecule has 1 aliphatic heterocycles. The van der Waals surface area contributed by atoms with Crippen LogP contribution < -0.4 is 16.0 Å². The molecule has 0 aliphatic carbocycles. The number of aromatic nitrogens is 2. The van der Waals surface area contributed by atoms with Crippen LogP contribution in [0.1, 0.15) is 0 Å². The average Bonchev–Trinajstić information content (AvgIpc) is 2.43. The Bertz CT molecular complexity index is 524. The molecule has 6 N–H and O–H groups in total. The van der Waals surface area contributed by atoms with Crippen LogP contribution in [0.15, 0.2) is 11.0 Å². The minimum atomic E-state index is -1.40. The van der Waals surface area contributed by atoms with Gasteiger partial charge in [0.05, 0.1) is 18.8 Å². The van der Waals surface area contributed by atoms with Gasteiger partial charge in [0.2, 0.25) is 12.1 Å². The van der Waals surface area contributed by atoms with E-state index in [1.807, 2.05) is 4.98 Å². The molecule has 0 aromatic carbocycles. The van der Waals surface area contributed by atoms with Crippen LogP contribution in [-0.2, 0) is 4.74 Å². The van der Waals surface area contributed by atoms with Gasteiger partial charge in [0.15, 0.2) is 0 Å². The van der Waals surface area contributed by atoms with E-state index in [2.05, 4.69) is 4.98 Å². The van der Waals surface area contributed by atoms with Gasteiger partial charge in [-0.2, -0.15) is 4.39 Å². The van der Waals surface area contributed by atoms with E-state index in [0.29, 0.717) is 6.20 Å². The topological polar surface area (TPSA) is 151 Å². The van der Waals surface area contributed by atoms with Crippen molar-refractivity contribution < 1.29 is 29.2 Å². The van der Waals surface area contributed by atoms with E-state index < -0.39 is 48.6 Å². The summed E-state index contributed by atoms with van der Waals surface area (Å²) in [6.45, 7) is -0.571. The molecule has 1 fully saturated rings. The zero-order chi connectivity index (χ0) is 14.9. The first-order chi connectivity index (χ1) is 9.43. The minimum absolute atomic E-state index is 0.364. The molecule has 1 aromatic rings. The predicted octanol–water partition coefficient (Wildman–Crippen LogP) is -2.95. The molecule has 0 amide bonds. The molecule has 0 spiro atoms. The van der Waals surface area contributed by atoms with Crippen molar-refractivity contribution >= 4 is 0 Å². The number of ether oxygens (including phenoxy) is 2. The highest BCUT2D eigenvalue weighted by molar-refractivity contribution is 4.99. The van der Waals surface area contributed by atoms with Crippen LogP contribution in [0.25, 0.3) is 0 Å². The Balaban J connectivity index is 2.15. The van der Waals surface area contributed by atoms with Crippen LogP contribution >= 0.6 is 0 Å². The number of nitrogens with two attached hydrogens (primary N) is 1. The SMILES string of the molecule is N[C@H]1[C@H](Oc2ncc(F)c(=O)[nH]2)O[C@H](CO)[C@H](O)[C@@H]1O. The number of hydrogen-bond acceptors (Lipinski definition) is 8. The zero-order valence-electron chi connectivity index (χ0n) is 10.1. The van der Waals surface area contributed by atoms with E-state index in [1.165, 1.54) is 0 Å². The number of aliphatic hydroxyl groups excluding tert-OH is 3. The van der Waals surface area contributed by atoms with Crippen LogP contribution in [0.4, 0.5) is 4.39 Å². The van der Waals surface area contributed by atoms with E-state index >= 15 is 0 Å². The summed E-state index contributed by atoms with van der Waals surface area (Å²) in [4.78, 5) is 16.5. The molecule has 0 bridgehead atoms. The van der Waals surface area contributed by atoms with Gasteiger partial charge >= 0.3 is 0 Å². The van der Waals surface area contributed by atoms with Gasteiger partial charge < -0.3 is 30.5 Å². The Morgan fingerprint density at radius 3 is 2.80 bits per heavy atom. The molecule has 0 saturated carbocycles. The largest absolute Gasteiger partial charge is 0.433 e. The Kier molecular flexibility index (Phi) is 4.30. The summed E-state index contributed by atoms with van der Waals surface area (Å²) in [6, 6.07) is -1.51. The van der Waals surface area contributed by atoms with Crippen molar-refractivity contribution in [2.45, 2.75) is 30.6 Å². The zero-order valence-corrected chi connectivity index (χ0v) is 10.1. The molecule has 1 saturated heterocycles. The molecule has 112 valence electrons. The molecule has 5 atom stereocenters. The molecule has 1 aliphatic rings. The summed E-state index contributed by atoms with van der Waals surface area (Å²) in [5, 5.41) is 28.3. The average molecular weight is 291 g/mol. The van der Waals surface area contributed by atoms with E-state index in [-0.39, 0.29) is 6.01 Å². The normalized spacial score (nSPS) is 34.0. The Morgan fingerprint density at radius 1 is 1.50 bits per heavy atom. The highest BCUT2D eigenvalue weighted by Gasteiger charge is 2.43. The maximum Gasteiger partial charge on any atom is 0.298 e. The maximum absolute atomic E-state index is 12.8. The summed E-state index contributed by atoms with van der Waals surface area (Å²) in [6.07, 6.45) is -4.52. The second-order valence-electron chi connectivity index (χ2n) is 4.27. The van der Waals surface area contributed by atoms with Crippen molar-refractivity contribution in [1.29, 1.82) is 0 Å². The summed E-state index contributed by atoms with van der Waals surface area (Å²) < 4.78 is 23.0. The van der Waals surface area contributed by atoms with E-state index in [4.69, 9.17) is 20.3 Å². The number of aliphatic hydroxyl groups is 3. The summed E-state index contributed by atoms with van der Waals surface area (Å²) >= 11 is 0. The molecule has 2 heterocycles. The number of nitrogens with one attached hydrogen (secondary N) is 1. The van der Waals surface area contributed by atoms with Crippen LogP contribution in [-0.4, -0.2) is 62.5 Å². The highest BCUT2D eigenvalue weighted by Crippen LogP contribution is 2.21. The van der Waals surface area contributed by atoms with E-state index in [0.717, 1.165) is 0 Å². The molecular weight excluding hydrogens is 277 g/mol. The van der Waals surface area contributed by atoms with Crippen LogP contribution in [0, 0.1) is 5.82 Å². The van der Waals surface area contributed by atoms with Crippen molar-refractivity contribution in [3.8, 4) is 6.01 Å². The fourth-order valence-corrected chi connectivity index (χ4v) is 1.74. The van der Waals surface area contributed by atoms with Crippen molar-refractivity contribution in [2.24, 2.45) is 5.73 Å². The van der Waals surface area contributed by atoms with Gasteiger partial charge in [0, 0.05) is 0 Å². The van der Waals surface area contributed by atoms with Gasteiger partial charge in [0.25, 0.3) is 11.6 Å². The van der Waals surface area contributed by atoms with Gasteiger partial charge in [-0.05, 0) is 0 Å². The van der Waals surface area contributed by atoms with Crippen molar-refractivity contribution in [2.75, 3.05) is 6.61 Å². The quantitative estimate of drug-likeness (QED) is 0.396. The van der Waals surface area contributed by atoms with Gasteiger partial charge in [-0.1, -0.05) is 0 Å². The first-order valence-corrected chi connectivity index (χ1v) is 5.73. The lowest BCUT2D eigenvalue weighted by Gasteiger charge is -2.39. The number of hydrogen-bond donors (Lipinski definition) is 5. The van der Waals surface area contributed by atoms with Crippen LogP contribution in [0.2, 0.25) is 0 Å². The highest BCUT2D eigenvalue weighted by atomic mass is 19.1. The van der Waals surface area contributed by atoms with Gasteiger partial charge in [0.1, 0.15) is 18.3 Å². The first kappa shape index (κ1) is 14.8. The molecule has 0 radical (unpaired) electrons. The predicted molar refractivity (Wildman–Crippen MR) is 61.2 cm³/mol. The second kappa shape index (κ2) is 5.81. The molecule has 2 rings (SSSR count). The standard InChI is InChI=1S/C10H14FN3O6/c11-3-1-13-10(14-8(3)18)20-9-5(12)7(17)6(16)4(2-15)19-9/h1,4-7,9,15-17H,2,12H2,(H,13,14,18)/t4-,5-,6+,7-,9+/m1/s1. The van der Waals surface area contributed by atoms with Crippen molar-refractivity contribution in [1.82, 2.24) is 9.97 Å². The van der Waals surface area contributed by atoms with Crippen molar-refractivity contribution in [3.63, 3.8) is 0 Å². The Morgan fingerprint density at radius 2 is 2.20 bits per heavy atom. The van der Waals surface area contributed by atoms with Crippen molar-refractivity contribution in [3.05, 3.63) is 22.4 Å². The number of H-pyrrole nitrogens is 1. The maximum atomic E-state index is 12.8. The minimum Gasteiger partial charge on any atom is -0.433 e. The molecule has 9 nitrogen and oxygen atoms in total. The molecule has 1 aromatic heterocycles. The molecule has 0 unspecified atom stereocenters.